The van der Waals surface area contributed by atoms with Crippen LogP contribution < -0.4 is 10.1 Å². The van der Waals surface area contributed by atoms with E-state index in [2.05, 4.69) is 24.1 Å². The van der Waals surface area contributed by atoms with Gasteiger partial charge in [0.1, 0.15) is 5.75 Å². The van der Waals surface area contributed by atoms with Gasteiger partial charge in [-0.05, 0) is 68.8 Å². The smallest absolute Gasteiger partial charge is 0.230 e. The van der Waals surface area contributed by atoms with Crippen LogP contribution in [0.1, 0.15) is 58.8 Å². The van der Waals surface area contributed by atoms with Gasteiger partial charge in [-0.1, -0.05) is 26.7 Å². The predicted octanol–water partition coefficient (Wildman–Crippen LogP) is 4.71. The summed E-state index contributed by atoms with van der Waals surface area (Å²) in [6, 6.07) is 7.79. The number of anilines is 1. The molecule has 1 saturated heterocycles. The van der Waals surface area contributed by atoms with Gasteiger partial charge in [0.15, 0.2) is 0 Å². The van der Waals surface area contributed by atoms with Crippen molar-refractivity contribution < 1.29 is 9.53 Å². The molecule has 1 saturated carbocycles. The zero-order valence-corrected chi connectivity index (χ0v) is 16.4. The lowest BCUT2D eigenvalue weighted by Crippen LogP contribution is -2.35. The number of hydrogen-bond acceptors (Lipinski definition) is 3. The van der Waals surface area contributed by atoms with Crippen molar-refractivity contribution in [2.75, 3.05) is 31.6 Å². The van der Waals surface area contributed by atoms with Gasteiger partial charge >= 0.3 is 0 Å². The number of nitrogens with one attached hydrogen (secondary N) is 1. The van der Waals surface area contributed by atoms with E-state index >= 15 is 0 Å². The third-order valence-electron chi connectivity index (χ3n) is 6.00. The van der Waals surface area contributed by atoms with Gasteiger partial charge in [-0.3, -0.25) is 4.79 Å². The van der Waals surface area contributed by atoms with Crippen molar-refractivity contribution in [1.29, 1.82) is 0 Å². The van der Waals surface area contributed by atoms with E-state index in [-0.39, 0.29) is 11.3 Å². The molecule has 0 spiro atoms. The largest absolute Gasteiger partial charge is 0.494 e. The van der Waals surface area contributed by atoms with Crippen molar-refractivity contribution in [3.63, 3.8) is 0 Å². The van der Waals surface area contributed by atoms with Gasteiger partial charge in [0, 0.05) is 24.2 Å². The van der Waals surface area contributed by atoms with Crippen LogP contribution in [0.4, 0.5) is 5.69 Å². The van der Waals surface area contributed by atoms with Gasteiger partial charge in [-0.15, -0.1) is 0 Å². The molecule has 4 nitrogen and oxygen atoms in total. The lowest BCUT2D eigenvalue weighted by atomic mass is 9.88. The Hall–Kier alpha value is -1.55. The first-order valence-corrected chi connectivity index (χ1v) is 10.3. The second kappa shape index (κ2) is 8.90. The minimum absolute atomic E-state index is 0.152. The van der Waals surface area contributed by atoms with E-state index in [0.29, 0.717) is 0 Å². The highest BCUT2D eigenvalue weighted by atomic mass is 16.5. The molecule has 26 heavy (non-hydrogen) atoms. The fraction of sp³-hybridized carbons (Fsp3) is 0.682. The summed E-state index contributed by atoms with van der Waals surface area (Å²) in [6.07, 6.45) is 8.07. The normalized spacial score (nSPS) is 22.9. The van der Waals surface area contributed by atoms with Gasteiger partial charge in [-0.2, -0.15) is 0 Å². The molecule has 4 heteroatoms. The topological polar surface area (TPSA) is 41.6 Å². The van der Waals surface area contributed by atoms with Crippen LogP contribution in [-0.4, -0.2) is 37.0 Å². The first-order chi connectivity index (χ1) is 12.5. The van der Waals surface area contributed by atoms with E-state index in [1.807, 2.05) is 24.3 Å². The van der Waals surface area contributed by atoms with Crippen molar-refractivity contribution in [3.05, 3.63) is 24.3 Å². The molecule has 1 atom stereocenters. The number of ether oxygens (including phenoxy) is 1. The quantitative estimate of drug-likeness (QED) is 0.718. The van der Waals surface area contributed by atoms with Gasteiger partial charge < -0.3 is 15.0 Å². The number of hydrogen-bond donors (Lipinski definition) is 1. The number of nitrogens with zero attached hydrogens (tertiary/aromatic N) is 1. The van der Waals surface area contributed by atoms with Gasteiger partial charge in [0.05, 0.1) is 6.61 Å². The first-order valence-electron chi connectivity index (χ1n) is 10.3. The van der Waals surface area contributed by atoms with E-state index in [0.717, 1.165) is 62.6 Å². The molecule has 1 heterocycles. The third kappa shape index (κ3) is 5.23. The molecule has 1 unspecified atom stereocenters. The van der Waals surface area contributed by atoms with Gasteiger partial charge in [0.25, 0.3) is 0 Å². The van der Waals surface area contributed by atoms with E-state index in [9.17, 15) is 4.79 Å². The summed E-state index contributed by atoms with van der Waals surface area (Å²) >= 11 is 0. The second-order valence-electron chi connectivity index (χ2n) is 8.50. The summed E-state index contributed by atoms with van der Waals surface area (Å²) in [5.41, 5.74) is 0.666. The first kappa shape index (κ1) is 19.2. The fourth-order valence-corrected chi connectivity index (χ4v) is 4.27. The number of amides is 1. The molecule has 1 aromatic rings. The van der Waals surface area contributed by atoms with Crippen molar-refractivity contribution in [3.8, 4) is 5.75 Å². The van der Waals surface area contributed by atoms with E-state index in [1.54, 1.807) is 0 Å². The molecule has 1 N–H and O–H groups in total. The van der Waals surface area contributed by atoms with Crippen molar-refractivity contribution in [2.24, 2.45) is 11.3 Å². The molecule has 0 bridgehead atoms. The molecule has 1 aliphatic heterocycles. The molecular weight excluding hydrogens is 324 g/mol. The maximum atomic E-state index is 12.5. The zero-order valence-electron chi connectivity index (χ0n) is 16.4. The highest BCUT2D eigenvalue weighted by Crippen LogP contribution is 2.38. The van der Waals surface area contributed by atoms with Crippen LogP contribution >= 0.6 is 0 Å². The Bertz CT molecular complexity index is 578. The summed E-state index contributed by atoms with van der Waals surface area (Å²) in [5.74, 6) is 1.86. The third-order valence-corrected chi connectivity index (χ3v) is 6.00. The number of rotatable bonds is 7. The number of likely N-dealkylation sites (tertiary alicyclic amines) is 1. The molecular formula is C22H34N2O2. The second-order valence-corrected chi connectivity index (χ2v) is 8.50. The molecule has 0 aromatic heterocycles. The summed E-state index contributed by atoms with van der Waals surface area (Å²) in [7, 11) is 0. The Morgan fingerprint density at radius 2 is 1.96 bits per heavy atom. The summed E-state index contributed by atoms with van der Waals surface area (Å²) in [5, 5.41) is 3.06. The average Bonchev–Trinajstić information content (AvgIpc) is 3.08. The molecule has 2 aliphatic rings. The Morgan fingerprint density at radius 3 is 2.65 bits per heavy atom. The maximum absolute atomic E-state index is 12.5. The molecule has 0 radical (unpaired) electrons. The maximum Gasteiger partial charge on any atom is 0.230 e. The molecule has 3 rings (SSSR count). The van der Waals surface area contributed by atoms with Gasteiger partial charge in [0.2, 0.25) is 5.91 Å². The Morgan fingerprint density at radius 1 is 1.23 bits per heavy atom. The van der Waals surface area contributed by atoms with Crippen LogP contribution in [0.2, 0.25) is 0 Å². The average molecular weight is 359 g/mol. The molecule has 2 fully saturated rings. The zero-order chi connectivity index (χ0) is 18.4. The Kier molecular flexibility index (Phi) is 6.58. The summed E-state index contributed by atoms with van der Waals surface area (Å²) in [4.78, 5) is 15.0. The number of carbonyl (C=O) groups excluding carboxylic acids is 1. The number of piperidine rings is 1. The molecule has 144 valence electrons. The van der Waals surface area contributed by atoms with Crippen molar-refractivity contribution in [2.45, 2.75) is 58.8 Å². The highest BCUT2D eigenvalue weighted by Gasteiger charge is 2.36. The van der Waals surface area contributed by atoms with E-state index in [1.165, 1.54) is 25.9 Å². The fourth-order valence-electron chi connectivity index (χ4n) is 4.27. The Labute approximate surface area is 158 Å². The minimum Gasteiger partial charge on any atom is -0.494 e. The Balaban J connectivity index is 1.38. The monoisotopic (exact) mass is 358 g/mol. The standard InChI is InChI=1S/C22H34N2O2/c1-18-7-5-14-24(17-18)15-6-16-26-20-10-8-19(9-11-20)23-21(25)22(2)12-3-4-13-22/h8-11,18H,3-7,12-17H2,1-2H3,(H,23,25). The molecule has 1 aromatic carbocycles. The van der Waals surface area contributed by atoms with Crippen LogP contribution in [0.25, 0.3) is 0 Å². The predicted molar refractivity (Wildman–Crippen MR) is 107 cm³/mol. The lowest BCUT2D eigenvalue weighted by Gasteiger charge is -2.30. The molecule has 1 aliphatic carbocycles. The number of carbonyl (C=O) groups is 1. The summed E-state index contributed by atoms with van der Waals surface area (Å²) < 4.78 is 5.86. The van der Waals surface area contributed by atoms with Crippen LogP contribution in [0, 0.1) is 11.3 Å². The van der Waals surface area contributed by atoms with Crippen LogP contribution in [0.3, 0.4) is 0 Å². The van der Waals surface area contributed by atoms with Crippen molar-refractivity contribution in [1.82, 2.24) is 4.90 Å². The summed E-state index contributed by atoms with van der Waals surface area (Å²) in [6.45, 7) is 8.75. The number of benzene rings is 1. The van der Waals surface area contributed by atoms with Crippen LogP contribution in [0.5, 0.6) is 5.75 Å². The van der Waals surface area contributed by atoms with E-state index < -0.39 is 0 Å². The highest BCUT2D eigenvalue weighted by molar-refractivity contribution is 5.95. The molecule has 1 amide bonds. The van der Waals surface area contributed by atoms with Crippen LogP contribution in [0.15, 0.2) is 24.3 Å². The van der Waals surface area contributed by atoms with E-state index in [4.69, 9.17) is 4.74 Å². The van der Waals surface area contributed by atoms with Gasteiger partial charge in [-0.25, -0.2) is 0 Å². The van der Waals surface area contributed by atoms with Crippen LogP contribution in [-0.2, 0) is 4.79 Å². The SMILES string of the molecule is CC1CCCN(CCCOc2ccc(NC(=O)C3(C)CCCC3)cc2)C1. The van der Waals surface area contributed by atoms with Crippen molar-refractivity contribution >= 4 is 11.6 Å². The minimum atomic E-state index is -0.193. The lowest BCUT2D eigenvalue weighted by molar-refractivity contribution is -0.124.